The Kier molecular flexibility index (Phi) is 3.53. The molecule has 0 atom stereocenters. The van der Waals surface area contributed by atoms with Crippen LogP contribution in [0, 0.1) is 0 Å². The maximum Gasteiger partial charge on any atom is 0.341 e. The second kappa shape index (κ2) is 4.94. The summed E-state index contributed by atoms with van der Waals surface area (Å²) in [6, 6.07) is 12.0. The van der Waals surface area contributed by atoms with Gasteiger partial charge in [-0.2, -0.15) is 9.78 Å². The average Bonchev–Trinajstić information content (AvgIpc) is 2.78. The van der Waals surface area contributed by atoms with Gasteiger partial charge in [0.1, 0.15) is 0 Å². The third kappa shape index (κ3) is 2.62. The first-order valence-corrected chi connectivity index (χ1v) is 6.17. The van der Waals surface area contributed by atoms with Gasteiger partial charge >= 0.3 is 5.37 Å². The van der Waals surface area contributed by atoms with Crippen molar-refractivity contribution in [1.29, 1.82) is 0 Å². The van der Waals surface area contributed by atoms with Crippen molar-refractivity contribution in [3.8, 4) is 0 Å². The van der Waals surface area contributed by atoms with E-state index in [1.165, 1.54) is 10.2 Å². The molecule has 0 aliphatic rings. The number of carbonyl (C=O) groups excluding carboxylic acids is 1. The highest BCUT2D eigenvalue weighted by Gasteiger charge is 2.23. The van der Waals surface area contributed by atoms with E-state index in [1.807, 2.05) is 24.3 Å². The van der Waals surface area contributed by atoms with Crippen LogP contribution in [0.5, 0.6) is 0 Å². The van der Waals surface area contributed by atoms with Gasteiger partial charge in [-0.25, -0.2) is 0 Å². The molecule has 1 aromatic carbocycles. The monoisotopic (exact) mass is 262 g/mol. The van der Waals surface area contributed by atoms with Crippen LogP contribution in [0.2, 0.25) is 0 Å². The summed E-state index contributed by atoms with van der Waals surface area (Å²) in [5, 5.41) is 3.36. The third-order valence-electron chi connectivity index (χ3n) is 3.07. The maximum atomic E-state index is 11.2. The lowest BCUT2D eigenvalue weighted by molar-refractivity contribution is 0.257. The zero-order valence-corrected chi connectivity index (χ0v) is 11.2. The van der Waals surface area contributed by atoms with Gasteiger partial charge in [0.15, 0.2) is 0 Å². The molecular weight excluding hydrogens is 248 g/mol. The lowest BCUT2D eigenvalue weighted by Gasteiger charge is -2.25. The first-order valence-electron chi connectivity index (χ1n) is 5.79. The molecule has 0 unspecified atom stereocenters. The molecule has 0 amide bonds. The summed E-state index contributed by atoms with van der Waals surface area (Å²) >= 11 is 5.49. The minimum atomic E-state index is -0.570. The molecule has 1 heterocycles. The van der Waals surface area contributed by atoms with Crippen molar-refractivity contribution in [1.82, 2.24) is 9.78 Å². The number of carbonyl (C=O) groups is 1. The van der Waals surface area contributed by atoms with Crippen LogP contribution in [0.3, 0.4) is 0 Å². The average molecular weight is 263 g/mol. The Hall–Kier alpha value is -1.61. The number of hydrogen-bond acceptors (Lipinski definition) is 2. The van der Waals surface area contributed by atoms with Crippen molar-refractivity contribution in [3.05, 3.63) is 53.9 Å². The Balaban J connectivity index is 2.28. The van der Waals surface area contributed by atoms with Crippen molar-refractivity contribution in [2.45, 2.75) is 25.7 Å². The second-order valence-corrected chi connectivity index (χ2v) is 5.24. The molecule has 0 saturated heterocycles. The molecule has 0 fully saturated rings. The van der Waals surface area contributed by atoms with Crippen LogP contribution in [0.15, 0.2) is 42.6 Å². The molecule has 0 bridgehead atoms. The highest BCUT2D eigenvalue weighted by Crippen LogP contribution is 2.27. The molecule has 0 radical (unpaired) electrons. The number of rotatable bonds is 3. The Morgan fingerprint density at radius 3 is 2.56 bits per heavy atom. The van der Waals surface area contributed by atoms with E-state index in [0.717, 1.165) is 5.69 Å². The van der Waals surface area contributed by atoms with Gasteiger partial charge in [0.25, 0.3) is 0 Å². The Morgan fingerprint density at radius 1 is 1.28 bits per heavy atom. The first kappa shape index (κ1) is 12.8. The van der Waals surface area contributed by atoms with E-state index in [9.17, 15) is 4.79 Å². The molecule has 0 aliphatic carbocycles. The van der Waals surface area contributed by atoms with Crippen LogP contribution in [0.1, 0.15) is 25.1 Å². The summed E-state index contributed by atoms with van der Waals surface area (Å²) < 4.78 is 1.24. The van der Waals surface area contributed by atoms with Gasteiger partial charge in [0, 0.05) is 11.9 Å². The van der Waals surface area contributed by atoms with Crippen molar-refractivity contribution in [2.75, 3.05) is 0 Å². The Labute approximate surface area is 111 Å². The molecule has 0 aliphatic heterocycles. The van der Waals surface area contributed by atoms with Crippen molar-refractivity contribution in [2.24, 2.45) is 0 Å². The lowest BCUT2D eigenvalue weighted by Crippen LogP contribution is -2.23. The molecule has 4 heteroatoms. The summed E-state index contributed by atoms with van der Waals surface area (Å²) in [4.78, 5) is 11.2. The topological polar surface area (TPSA) is 34.9 Å². The normalized spacial score (nSPS) is 11.5. The van der Waals surface area contributed by atoms with Crippen LogP contribution in [-0.4, -0.2) is 15.1 Å². The number of benzene rings is 1. The molecule has 0 spiro atoms. The van der Waals surface area contributed by atoms with E-state index in [0.29, 0.717) is 6.42 Å². The van der Waals surface area contributed by atoms with E-state index in [1.54, 1.807) is 6.20 Å². The number of halogens is 1. The summed E-state index contributed by atoms with van der Waals surface area (Å²) in [7, 11) is 0. The number of nitrogens with zero attached hydrogens (tertiary/aromatic N) is 2. The van der Waals surface area contributed by atoms with Crippen LogP contribution >= 0.6 is 11.6 Å². The van der Waals surface area contributed by atoms with Crippen LogP contribution in [-0.2, 0) is 11.8 Å². The van der Waals surface area contributed by atoms with Gasteiger partial charge in [-0.05, 0) is 35.1 Å². The SMILES string of the molecule is CC(C)(Cc1ccnn1C(=O)Cl)c1ccccc1. The van der Waals surface area contributed by atoms with Gasteiger partial charge in [-0.1, -0.05) is 44.2 Å². The van der Waals surface area contributed by atoms with Crippen molar-refractivity contribution >= 4 is 17.0 Å². The quantitative estimate of drug-likeness (QED) is 0.792. The fourth-order valence-electron chi connectivity index (χ4n) is 2.07. The fourth-order valence-corrected chi connectivity index (χ4v) is 2.22. The Morgan fingerprint density at radius 2 is 1.94 bits per heavy atom. The predicted octanol–water partition coefficient (Wildman–Crippen LogP) is 3.61. The highest BCUT2D eigenvalue weighted by atomic mass is 35.5. The van der Waals surface area contributed by atoms with Crippen LogP contribution in [0.25, 0.3) is 0 Å². The highest BCUT2D eigenvalue weighted by molar-refractivity contribution is 6.63. The zero-order valence-electron chi connectivity index (χ0n) is 10.4. The van der Waals surface area contributed by atoms with Crippen LogP contribution < -0.4 is 0 Å². The van der Waals surface area contributed by atoms with Crippen molar-refractivity contribution < 1.29 is 4.79 Å². The fraction of sp³-hybridized carbons (Fsp3) is 0.286. The molecule has 2 aromatic rings. The van der Waals surface area contributed by atoms with Crippen LogP contribution in [0.4, 0.5) is 4.79 Å². The van der Waals surface area contributed by atoms with Crippen molar-refractivity contribution in [3.63, 3.8) is 0 Å². The van der Waals surface area contributed by atoms with Gasteiger partial charge in [-0.3, -0.25) is 4.79 Å². The molecule has 1 aromatic heterocycles. The zero-order chi connectivity index (χ0) is 13.2. The molecular formula is C14H15ClN2O. The molecule has 94 valence electrons. The van der Waals surface area contributed by atoms with E-state index >= 15 is 0 Å². The lowest BCUT2D eigenvalue weighted by atomic mass is 9.80. The Bertz CT molecular complexity index is 546. The molecule has 2 rings (SSSR count). The van der Waals surface area contributed by atoms with E-state index in [-0.39, 0.29) is 5.41 Å². The van der Waals surface area contributed by atoms with Gasteiger partial charge in [-0.15, -0.1) is 0 Å². The van der Waals surface area contributed by atoms with E-state index in [4.69, 9.17) is 11.6 Å². The molecule has 0 N–H and O–H groups in total. The van der Waals surface area contributed by atoms with Gasteiger partial charge in [0.2, 0.25) is 0 Å². The summed E-state index contributed by atoms with van der Waals surface area (Å²) in [5.74, 6) is 0. The molecule has 0 saturated carbocycles. The number of aromatic nitrogens is 2. The minimum absolute atomic E-state index is 0.0780. The molecule has 3 nitrogen and oxygen atoms in total. The molecule has 18 heavy (non-hydrogen) atoms. The third-order valence-corrected chi connectivity index (χ3v) is 3.23. The summed E-state index contributed by atoms with van der Waals surface area (Å²) in [5.41, 5.74) is 1.97. The largest absolute Gasteiger partial charge is 0.341 e. The van der Waals surface area contributed by atoms with Gasteiger partial charge in [0.05, 0.1) is 0 Å². The van der Waals surface area contributed by atoms with Gasteiger partial charge < -0.3 is 0 Å². The standard InChI is InChI=1S/C14H15ClN2O/c1-14(2,11-6-4-3-5-7-11)10-12-8-9-16-17(12)13(15)18/h3-9H,10H2,1-2H3. The minimum Gasteiger partial charge on any atom is -0.253 e. The predicted molar refractivity (Wildman–Crippen MR) is 72.0 cm³/mol. The number of hydrogen-bond donors (Lipinski definition) is 0. The second-order valence-electron chi connectivity index (χ2n) is 4.91. The smallest absolute Gasteiger partial charge is 0.253 e. The summed E-state index contributed by atoms with van der Waals surface area (Å²) in [6.45, 7) is 4.27. The van der Waals surface area contributed by atoms with E-state index in [2.05, 4.69) is 31.1 Å². The maximum absolute atomic E-state index is 11.2. The first-order chi connectivity index (χ1) is 8.50. The summed E-state index contributed by atoms with van der Waals surface area (Å²) in [6.07, 6.45) is 2.30. The van der Waals surface area contributed by atoms with E-state index < -0.39 is 5.37 Å².